The van der Waals surface area contributed by atoms with Crippen LogP contribution in [0.1, 0.15) is 25.0 Å². The van der Waals surface area contributed by atoms with Gasteiger partial charge in [0.2, 0.25) is 5.88 Å². The lowest BCUT2D eigenvalue weighted by atomic mass is 9.97. The Kier molecular flexibility index (Phi) is 3.62. The fourth-order valence-electron chi connectivity index (χ4n) is 2.03. The average molecular weight is 265 g/mol. The van der Waals surface area contributed by atoms with E-state index in [1.165, 1.54) is 0 Å². The summed E-state index contributed by atoms with van der Waals surface area (Å²) in [6.45, 7) is 6.29. The van der Waals surface area contributed by atoms with Crippen molar-refractivity contribution in [1.82, 2.24) is 5.16 Å². The van der Waals surface area contributed by atoms with E-state index in [9.17, 15) is 0 Å². The molecule has 18 heavy (non-hydrogen) atoms. The normalized spacial score (nSPS) is 11.2. The van der Waals surface area contributed by atoms with Crippen LogP contribution in [0, 0.1) is 12.8 Å². The number of aromatic nitrogens is 1. The molecule has 0 aliphatic heterocycles. The van der Waals surface area contributed by atoms with Crippen LogP contribution in [-0.2, 0) is 6.42 Å². The number of halogens is 1. The average Bonchev–Trinajstić information content (AvgIpc) is 2.60. The number of hydrogen-bond acceptors (Lipinski definition) is 3. The highest BCUT2D eigenvalue weighted by molar-refractivity contribution is 6.30. The first-order valence-electron chi connectivity index (χ1n) is 5.99. The molecule has 0 radical (unpaired) electrons. The maximum atomic E-state index is 5.97. The molecule has 0 atom stereocenters. The van der Waals surface area contributed by atoms with Crippen molar-refractivity contribution in [2.24, 2.45) is 5.92 Å². The van der Waals surface area contributed by atoms with Gasteiger partial charge in [-0.3, -0.25) is 0 Å². The molecule has 2 rings (SSSR count). The molecule has 0 saturated heterocycles. The van der Waals surface area contributed by atoms with Crippen LogP contribution in [-0.4, -0.2) is 5.16 Å². The Morgan fingerprint density at radius 3 is 2.72 bits per heavy atom. The summed E-state index contributed by atoms with van der Waals surface area (Å²) < 4.78 is 5.13. The van der Waals surface area contributed by atoms with Gasteiger partial charge in [-0.2, -0.15) is 0 Å². The fourth-order valence-corrected chi connectivity index (χ4v) is 2.26. The molecular formula is C14H17ClN2O. The van der Waals surface area contributed by atoms with Gasteiger partial charge in [0.15, 0.2) is 0 Å². The molecule has 96 valence electrons. The van der Waals surface area contributed by atoms with Gasteiger partial charge in [-0.1, -0.05) is 36.7 Å². The largest absolute Gasteiger partial charge is 0.367 e. The molecule has 3 nitrogen and oxygen atoms in total. The zero-order chi connectivity index (χ0) is 13.3. The van der Waals surface area contributed by atoms with E-state index in [0.29, 0.717) is 11.8 Å². The summed E-state index contributed by atoms with van der Waals surface area (Å²) >= 11 is 5.97. The summed E-state index contributed by atoms with van der Waals surface area (Å²) in [5.74, 6) is 0.908. The van der Waals surface area contributed by atoms with Gasteiger partial charge in [-0.15, -0.1) is 0 Å². The highest BCUT2D eigenvalue weighted by Gasteiger charge is 2.17. The van der Waals surface area contributed by atoms with Crippen LogP contribution in [0.15, 0.2) is 22.7 Å². The third-order valence-electron chi connectivity index (χ3n) is 2.87. The van der Waals surface area contributed by atoms with Crippen LogP contribution < -0.4 is 5.73 Å². The second-order valence-corrected chi connectivity index (χ2v) is 5.37. The monoisotopic (exact) mass is 264 g/mol. The first-order valence-corrected chi connectivity index (χ1v) is 6.37. The zero-order valence-corrected chi connectivity index (χ0v) is 11.6. The predicted molar refractivity (Wildman–Crippen MR) is 74.6 cm³/mol. The second kappa shape index (κ2) is 5.02. The van der Waals surface area contributed by atoms with E-state index in [2.05, 4.69) is 19.0 Å². The molecule has 2 aromatic rings. The Hall–Kier alpha value is -1.48. The van der Waals surface area contributed by atoms with E-state index in [4.69, 9.17) is 21.9 Å². The third kappa shape index (κ3) is 2.51. The Labute approximate surface area is 112 Å². The molecule has 0 bridgehead atoms. The van der Waals surface area contributed by atoms with Gasteiger partial charge in [-0.05, 0) is 37.0 Å². The second-order valence-electron chi connectivity index (χ2n) is 4.93. The predicted octanol–water partition coefficient (Wildman–Crippen LogP) is 4.08. The molecule has 4 heteroatoms. The number of anilines is 1. The van der Waals surface area contributed by atoms with Gasteiger partial charge < -0.3 is 10.3 Å². The Bertz CT molecular complexity index is 561. The van der Waals surface area contributed by atoms with Gasteiger partial charge >= 0.3 is 0 Å². The summed E-state index contributed by atoms with van der Waals surface area (Å²) in [7, 11) is 0. The van der Waals surface area contributed by atoms with Crippen molar-refractivity contribution in [3.63, 3.8) is 0 Å². The van der Waals surface area contributed by atoms with Crippen molar-refractivity contribution >= 4 is 17.5 Å². The topological polar surface area (TPSA) is 52.0 Å². The number of rotatable bonds is 3. The van der Waals surface area contributed by atoms with Gasteiger partial charge in [0, 0.05) is 16.1 Å². The standard InChI is InChI=1S/C14H17ClN2O/c1-8(2)6-12-13(17-18-14(12)16)11-5-4-10(15)7-9(11)3/h4-5,7-8H,6,16H2,1-3H3. The molecule has 0 amide bonds. The molecule has 0 saturated carbocycles. The Morgan fingerprint density at radius 2 is 2.11 bits per heavy atom. The molecule has 0 aliphatic rings. The van der Waals surface area contributed by atoms with Gasteiger partial charge in [-0.25, -0.2) is 0 Å². The van der Waals surface area contributed by atoms with E-state index < -0.39 is 0 Å². The maximum absolute atomic E-state index is 5.97. The molecular weight excluding hydrogens is 248 g/mol. The minimum Gasteiger partial charge on any atom is -0.367 e. The first-order chi connectivity index (χ1) is 8.49. The van der Waals surface area contributed by atoms with E-state index >= 15 is 0 Å². The van der Waals surface area contributed by atoms with Crippen molar-refractivity contribution in [3.8, 4) is 11.3 Å². The van der Waals surface area contributed by atoms with Gasteiger partial charge in [0.1, 0.15) is 5.69 Å². The first kappa shape index (κ1) is 13.0. The van der Waals surface area contributed by atoms with Crippen LogP contribution in [0.3, 0.4) is 0 Å². The number of nitrogens with two attached hydrogens (primary N) is 1. The Balaban J connectivity index is 2.50. The minimum atomic E-state index is 0.410. The van der Waals surface area contributed by atoms with E-state index in [0.717, 1.165) is 33.8 Å². The number of benzene rings is 1. The zero-order valence-electron chi connectivity index (χ0n) is 10.8. The van der Waals surface area contributed by atoms with Crippen molar-refractivity contribution in [3.05, 3.63) is 34.3 Å². The quantitative estimate of drug-likeness (QED) is 0.909. The van der Waals surface area contributed by atoms with Crippen LogP contribution in [0.2, 0.25) is 5.02 Å². The minimum absolute atomic E-state index is 0.410. The summed E-state index contributed by atoms with van der Waals surface area (Å²) in [6, 6.07) is 5.73. The molecule has 0 fully saturated rings. The molecule has 1 aromatic heterocycles. The molecule has 1 aromatic carbocycles. The van der Waals surface area contributed by atoms with Crippen molar-refractivity contribution in [2.45, 2.75) is 27.2 Å². The molecule has 1 heterocycles. The lowest BCUT2D eigenvalue weighted by Gasteiger charge is -2.07. The van der Waals surface area contributed by atoms with Gasteiger partial charge in [0.25, 0.3) is 0 Å². The molecule has 0 spiro atoms. The summed E-state index contributed by atoms with van der Waals surface area (Å²) in [5.41, 5.74) is 9.76. The number of nitrogen functional groups attached to an aromatic ring is 1. The number of hydrogen-bond donors (Lipinski definition) is 1. The maximum Gasteiger partial charge on any atom is 0.225 e. The number of nitrogens with zero attached hydrogens (tertiary/aromatic N) is 1. The molecule has 0 aliphatic carbocycles. The lowest BCUT2D eigenvalue weighted by molar-refractivity contribution is 0.438. The van der Waals surface area contributed by atoms with E-state index in [1.54, 1.807) is 0 Å². The van der Waals surface area contributed by atoms with E-state index in [-0.39, 0.29) is 0 Å². The van der Waals surface area contributed by atoms with Crippen LogP contribution >= 0.6 is 11.6 Å². The van der Waals surface area contributed by atoms with Crippen molar-refractivity contribution in [2.75, 3.05) is 5.73 Å². The highest BCUT2D eigenvalue weighted by atomic mass is 35.5. The van der Waals surface area contributed by atoms with Crippen molar-refractivity contribution < 1.29 is 4.52 Å². The number of aryl methyl sites for hydroxylation is 1. The molecule has 0 unspecified atom stereocenters. The van der Waals surface area contributed by atoms with Crippen LogP contribution in [0.25, 0.3) is 11.3 Å². The van der Waals surface area contributed by atoms with Crippen molar-refractivity contribution in [1.29, 1.82) is 0 Å². The highest BCUT2D eigenvalue weighted by Crippen LogP contribution is 2.32. The lowest BCUT2D eigenvalue weighted by Crippen LogP contribution is -1.99. The fraction of sp³-hybridized carbons (Fsp3) is 0.357. The van der Waals surface area contributed by atoms with Gasteiger partial charge in [0.05, 0.1) is 0 Å². The van der Waals surface area contributed by atoms with Crippen LogP contribution in [0.4, 0.5) is 5.88 Å². The smallest absolute Gasteiger partial charge is 0.225 e. The molecule has 2 N–H and O–H groups in total. The van der Waals surface area contributed by atoms with Crippen LogP contribution in [0.5, 0.6) is 0 Å². The third-order valence-corrected chi connectivity index (χ3v) is 3.11. The Morgan fingerprint density at radius 1 is 1.39 bits per heavy atom. The SMILES string of the molecule is Cc1cc(Cl)ccc1-c1noc(N)c1CC(C)C. The summed E-state index contributed by atoms with van der Waals surface area (Å²) in [4.78, 5) is 0. The van der Waals surface area contributed by atoms with E-state index in [1.807, 2.05) is 25.1 Å². The summed E-state index contributed by atoms with van der Waals surface area (Å²) in [6.07, 6.45) is 0.854. The summed E-state index contributed by atoms with van der Waals surface area (Å²) in [5, 5.41) is 4.81.